The van der Waals surface area contributed by atoms with E-state index in [1.54, 1.807) is 0 Å². The third-order valence-electron chi connectivity index (χ3n) is 3.12. The van der Waals surface area contributed by atoms with Crippen molar-refractivity contribution in [3.05, 3.63) is 29.8 Å². The van der Waals surface area contributed by atoms with E-state index in [1.807, 2.05) is 12.1 Å². The van der Waals surface area contributed by atoms with Crippen LogP contribution in [0.15, 0.2) is 24.3 Å². The quantitative estimate of drug-likeness (QED) is 0.773. The number of carbonyl (C=O) groups excluding carboxylic acids is 1. The molecule has 1 N–H and O–H groups in total. The molecule has 1 heterocycles. The molecule has 1 aromatic rings. The third kappa shape index (κ3) is 2.58. The van der Waals surface area contributed by atoms with E-state index in [2.05, 4.69) is 29.3 Å². The van der Waals surface area contributed by atoms with Crippen LogP contribution in [0.5, 0.6) is 0 Å². The topological polar surface area (TPSA) is 41.6 Å². The minimum Gasteiger partial charge on any atom is -0.468 e. The molecule has 0 aliphatic carbocycles. The van der Waals surface area contributed by atoms with Crippen molar-refractivity contribution < 1.29 is 9.53 Å². The van der Waals surface area contributed by atoms with Crippen LogP contribution in [0, 0.1) is 6.92 Å². The molecule has 0 bridgehead atoms. The van der Waals surface area contributed by atoms with Gasteiger partial charge in [-0.25, -0.2) is 0 Å². The number of carbonyl (C=O) groups is 1. The highest BCUT2D eigenvalue weighted by molar-refractivity contribution is 5.77. The molecule has 0 amide bonds. The van der Waals surface area contributed by atoms with Crippen molar-refractivity contribution in [3.63, 3.8) is 0 Å². The molecule has 0 aromatic heterocycles. The Morgan fingerprint density at radius 3 is 2.94 bits per heavy atom. The van der Waals surface area contributed by atoms with E-state index < -0.39 is 0 Å². The maximum atomic E-state index is 11.5. The van der Waals surface area contributed by atoms with Gasteiger partial charge in [-0.05, 0) is 18.6 Å². The fourth-order valence-electron chi connectivity index (χ4n) is 2.19. The monoisotopic (exact) mass is 234 g/mol. The molecule has 1 aliphatic rings. The molecule has 0 spiro atoms. The lowest BCUT2D eigenvalue weighted by Gasteiger charge is -2.34. The first-order valence-corrected chi connectivity index (χ1v) is 5.84. The Kier molecular flexibility index (Phi) is 3.64. The summed E-state index contributed by atoms with van der Waals surface area (Å²) in [6.07, 6.45) is 0. The molecular weight excluding hydrogens is 216 g/mol. The fraction of sp³-hybridized carbons (Fsp3) is 0.462. The van der Waals surface area contributed by atoms with E-state index in [4.69, 9.17) is 4.74 Å². The standard InChI is InChI=1S/C13H18N2O2/c1-10-5-3-4-6-12(10)15-8-7-14-11(9-15)13(16)17-2/h3-6,11,14H,7-9H2,1-2H3/t11-/m0/s1. The van der Waals surface area contributed by atoms with Crippen LogP contribution >= 0.6 is 0 Å². The summed E-state index contributed by atoms with van der Waals surface area (Å²) in [6.45, 7) is 4.47. The van der Waals surface area contributed by atoms with E-state index in [0.717, 1.165) is 13.1 Å². The van der Waals surface area contributed by atoms with Crippen molar-refractivity contribution >= 4 is 11.7 Å². The summed E-state index contributed by atoms with van der Waals surface area (Å²) in [5, 5.41) is 3.17. The van der Waals surface area contributed by atoms with Gasteiger partial charge >= 0.3 is 5.97 Å². The van der Waals surface area contributed by atoms with Gasteiger partial charge in [0.1, 0.15) is 6.04 Å². The van der Waals surface area contributed by atoms with Gasteiger partial charge in [0.15, 0.2) is 0 Å². The van der Waals surface area contributed by atoms with Crippen molar-refractivity contribution in [1.82, 2.24) is 5.32 Å². The van der Waals surface area contributed by atoms with Crippen LogP contribution in [-0.2, 0) is 9.53 Å². The summed E-state index contributed by atoms with van der Waals surface area (Å²) < 4.78 is 4.78. The van der Waals surface area contributed by atoms with Crippen molar-refractivity contribution in [2.24, 2.45) is 0 Å². The number of aryl methyl sites for hydroxylation is 1. The minimum atomic E-state index is -0.228. The Bertz CT molecular complexity index is 406. The molecule has 92 valence electrons. The van der Waals surface area contributed by atoms with Gasteiger partial charge in [-0.2, -0.15) is 0 Å². The highest BCUT2D eigenvalue weighted by atomic mass is 16.5. The van der Waals surface area contributed by atoms with Crippen LogP contribution in [-0.4, -0.2) is 38.8 Å². The molecule has 4 heteroatoms. The van der Waals surface area contributed by atoms with E-state index in [0.29, 0.717) is 6.54 Å². The second kappa shape index (κ2) is 5.19. The number of piperazine rings is 1. The van der Waals surface area contributed by atoms with Gasteiger partial charge in [-0.1, -0.05) is 18.2 Å². The number of ether oxygens (including phenoxy) is 1. The summed E-state index contributed by atoms with van der Waals surface area (Å²) in [5.74, 6) is -0.191. The third-order valence-corrected chi connectivity index (χ3v) is 3.12. The SMILES string of the molecule is COC(=O)[C@@H]1CN(c2ccccc2C)CCN1. The number of hydrogen-bond donors (Lipinski definition) is 1. The maximum absolute atomic E-state index is 11.5. The Hall–Kier alpha value is -1.55. The average molecular weight is 234 g/mol. The first kappa shape index (κ1) is 11.9. The Labute approximate surface area is 102 Å². The van der Waals surface area contributed by atoms with E-state index >= 15 is 0 Å². The lowest BCUT2D eigenvalue weighted by molar-refractivity contribution is -0.143. The Balaban J connectivity index is 2.12. The van der Waals surface area contributed by atoms with Crippen LogP contribution in [0.3, 0.4) is 0 Å². The summed E-state index contributed by atoms with van der Waals surface area (Å²) >= 11 is 0. The zero-order valence-corrected chi connectivity index (χ0v) is 10.3. The maximum Gasteiger partial charge on any atom is 0.324 e. The second-order valence-corrected chi connectivity index (χ2v) is 4.26. The molecule has 0 radical (unpaired) electrons. The molecule has 1 aromatic carbocycles. The van der Waals surface area contributed by atoms with Crippen molar-refractivity contribution in [3.8, 4) is 0 Å². The Morgan fingerprint density at radius 2 is 2.24 bits per heavy atom. The molecule has 1 fully saturated rings. The molecule has 17 heavy (non-hydrogen) atoms. The zero-order chi connectivity index (χ0) is 12.3. The summed E-state index contributed by atoms with van der Waals surface area (Å²) in [5.41, 5.74) is 2.43. The van der Waals surface area contributed by atoms with E-state index in [9.17, 15) is 4.79 Å². The fourth-order valence-corrected chi connectivity index (χ4v) is 2.19. The lowest BCUT2D eigenvalue weighted by Crippen LogP contribution is -2.54. The first-order valence-electron chi connectivity index (χ1n) is 5.84. The van der Waals surface area contributed by atoms with Gasteiger partial charge in [0.2, 0.25) is 0 Å². The number of rotatable bonds is 2. The number of anilines is 1. The smallest absolute Gasteiger partial charge is 0.324 e. The number of benzene rings is 1. The van der Waals surface area contributed by atoms with Crippen LogP contribution in [0.4, 0.5) is 5.69 Å². The molecule has 0 unspecified atom stereocenters. The Morgan fingerprint density at radius 1 is 1.47 bits per heavy atom. The minimum absolute atomic E-state index is 0.191. The summed E-state index contributed by atoms with van der Waals surface area (Å²) in [4.78, 5) is 13.7. The summed E-state index contributed by atoms with van der Waals surface area (Å²) in [6, 6.07) is 8.00. The van der Waals surface area contributed by atoms with Crippen molar-refractivity contribution in [1.29, 1.82) is 0 Å². The van der Waals surface area contributed by atoms with Crippen LogP contribution in [0.25, 0.3) is 0 Å². The zero-order valence-electron chi connectivity index (χ0n) is 10.3. The predicted molar refractivity (Wildman–Crippen MR) is 67.2 cm³/mol. The van der Waals surface area contributed by atoms with Gasteiger partial charge in [0, 0.05) is 25.3 Å². The highest BCUT2D eigenvalue weighted by Gasteiger charge is 2.26. The molecule has 1 saturated heterocycles. The average Bonchev–Trinajstić information content (AvgIpc) is 2.38. The molecule has 4 nitrogen and oxygen atoms in total. The largest absolute Gasteiger partial charge is 0.468 e. The van der Waals surface area contributed by atoms with Gasteiger partial charge in [-0.15, -0.1) is 0 Å². The highest BCUT2D eigenvalue weighted by Crippen LogP contribution is 2.20. The van der Waals surface area contributed by atoms with Crippen molar-refractivity contribution in [2.45, 2.75) is 13.0 Å². The van der Waals surface area contributed by atoms with Gasteiger partial charge in [-0.3, -0.25) is 4.79 Å². The number of nitrogens with one attached hydrogen (secondary N) is 1. The van der Waals surface area contributed by atoms with Crippen LogP contribution in [0.2, 0.25) is 0 Å². The van der Waals surface area contributed by atoms with Crippen LogP contribution in [0.1, 0.15) is 5.56 Å². The van der Waals surface area contributed by atoms with E-state index in [-0.39, 0.29) is 12.0 Å². The van der Waals surface area contributed by atoms with Crippen molar-refractivity contribution in [2.75, 3.05) is 31.6 Å². The first-order chi connectivity index (χ1) is 8.22. The summed E-state index contributed by atoms with van der Waals surface area (Å²) in [7, 11) is 1.43. The number of para-hydroxylation sites is 1. The van der Waals surface area contributed by atoms with E-state index in [1.165, 1.54) is 18.4 Å². The van der Waals surface area contributed by atoms with Gasteiger partial charge in [0.05, 0.1) is 7.11 Å². The normalized spacial score (nSPS) is 20.1. The molecule has 0 saturated carbocycles. The van der Waals surface area contributed by atoms with Crippen LogP contribution < -0.4 is 10.2 Å². The number of hydrogen-bond acceptors (Lipinski definition) is 4. The van der Waals surface area contributed by atoms with Gasteiger partial charge < -0.3 is 15.0 Å². The number of methoxy groups -OCH3 is 1. The lowest BCUT2D eigenvalue weighted by atomic mass is 10.1. The predicted octanol–water partition coefficient (Wildman–Crippen LogP) is 0.946. The molecule has 1 aliphatic heterocycles. The molecule has 1 atom stereocenters. The van der Waals surface area contributed by atoms with Gasteiger partial charge in [0.25, 0.3) is 0 Å². The number of esters is 1. The second-order valence-electron chi connectivity index (χ2n) is 4.26. The molecular formula is C13H18N2O2. The number of nitrogens with zero attached hydrogens (tertiary/aromatic N) is 1. The molecule has 2 rings (SSSR count).